The molecule has 7 heteroatoms. The molecule has 4 N–H and O–H groups in total. The molecule has 0 aliphatic carbocycles. The monoisotopic (exact) mass is 231 g/mol. The van der Waals surface area contributed by atoms with Gasteiger partial charge in [-0.1, -0.05) is 18.2 Å². The summed E-state index contributed by atoms with van der Waals surface area (Å²) in [6.07, 6.45) is 1.38. The van der Waals surface area contributed by atoms with E-state index >= 15 is 0 Å². The second-order valence-electron chi connectivity index (χ2n) is 3.20. The normalized spacial score (nSPS) is 9.88. The Balaban J connectivity index is 2.52. The zero-order valence-electron chi connectivity index (χ0n) is 8.66. The fraction of sp³-hybridized carbons (Fsp3) is 0. The lowest BCUT2D eigenvalue weighted by atomic mass is 10.1. The molecule has 0 aliphatic heterocycles. The van der Waals surface area contributed by atoms with Gasteiger partial charge in [-0.15, -0.1) is 10.2 Å². The number of hydrogen-bond donors (Lipinski definition) is 3. The molecule has 0 spiro atoms. The molecule has 2 rings (SSSR count). The van der Waals surface area contributed by atoms with Crippen LogP contribution in [0.5, 0.6) is 5.75 Å². The summed E-state index contributed by atoms with van der Waals surface area (Å²) < 4.78 is 0. The molecular weight excluding hydrogens is 222 g/mol. The van der Waals surface area contributed by atoms with Crippen LogP contribution < -0.4 is 11.1 Å². The molecule has 0 bridgehead atoms. The van der Waals surface area contributed by atoms with Crippen LogP contribution in [0.15, 0.2) is 30.5 Å². The SMILES string of the molecule is NC(=O)Nc1nnncc1-c1ccccc1O. The molecule has 86 valence electrons. The van der Waals surface area contributed by atoms with Gasteiger partial charge >= 0.3 is 6.03 Å². The van der Waals surface area contributed by atoms with Gasteiger partial charge in [0.1, 0.15) is 5.75 Å². The molecule has 0 saturated heterocycles. The lowest BCUT2D eigenvalue weighted by Gasteiger charge is -2.07. The lowest BCUT2D eigenvalue weighted by molar-refractivity contribution is 0.259. The van der Waals surface area contributed by atoms with Gasteiger partial charge in [-0.25, -0.2) is 4.79 Å². The van der Waals surface area contributed by atoms with Crippen LogP contribution in [0.25, 0.3) is 11.1 Å². The molecule has 0 fully saturated rings. The van der Waals surface area contributed by atoms with Crippen LogP contribution in [0.2, 0.25) is 0 Å². The lowest BCUT2D eigenvalue weighted by Crippen LogP contribution is -2.21. The number of amides is 2. The van der Waals surface area contributed by atoms with E-state index in [1.54, 1.807) is 18.2 Å². The topological polar surface area (TPSA) is 114 Å². The first kappa shape index (κ1) is 10.8. The summed E-state index contributed by atoms with van der Waals surface area (Å²) in [7, 11) is 0. The highest BCUT2D eigenvalue weighted by Gasteiger charge is 2.12. The second kappa shape index (κ2) is 4.44. The predicted octanol–water partition coefficient (Wildman–Crippen LogP) is 0.735. The number of benzene rings is 1. The highest BCUT2D eigenvalue weighted by atomic mass is 16.3. The van der Waals surface area contributed by atoms with Crippen molar-refractivity contribution < 1.29 is 9.90 Å². The largest absolute Gasteiger partial charge is 0.507 e. The predicted molar refractivity (Wildman–Crippen MR) is 60.1 cm³/mol. The number of phenols is 1. The van der Waals surface area contributed by atoms with Crippen LogP contribution in [0.4, 0.5) is 10.6 Å². The zero-order valence-corrected chi connectivity index (χ0v) is 8.66. The van der Waals surface area contributed by atoms with E-state index in [9.17, 15) is 9.90 Å². The van der Waals surface area contributed by atoms with E-state index < -0.39 is 6.03 Å². The highest BCUT2D eigenvalue weighted by molar-refractivity contribution is 5.92. The van der Waals surface area contributed by atoms with Crippen LogP contribution in [0.1, 0.15) is 0 Å². The minimum atomic E-state index is -0.762. The van der Waals surface area contributed by atoms with E-state index in [0.29, 0.717) is 11.1 Å². The Labute approximate surface area is 96.3 Å². The minimum absolute atomic E-state index is 0.0508. The first-order valence-corrected chi connectivity index (χ1v) is 4.71. The zero-order chi connectivity index (χ0) is 12.3. The van der Waals surface area contributed by atoms with E-state index in [4.69, 9.17) is 5.73 Å². The van der Waals surface area contributed by atoms with Gasteiger partial charge in [0.2, 0.25) is 0 Å². The van der Waals surface area contributed by atoms with Crippen LogP contribution in [0, 0.1) is 0 Å². The van der Waals surface area contributed by atoms with Crippen LogP contribution in [-0.4, -0.2) is 26.5 Å². The van der Waals surface area contributed by atoms with Crippen molar-refractivity contribution in [2.24, 2.45) is 5.73 Å². The van der Waals surface area contributed by atoms with E-state index in [1.165, 1.54) is 12.3 Å². The summed E-state index contributed by atoms with van der Waals surface area (Å²) >= 11 is 0. The molecule has 0 aliphatic rings. The molecule has 1 heterocycles. The summed E-state index contributed by atoms with van der Waals surface area (Å²) in [5.41, 5.74) is 5.94. The number of phenolic OH excluding ortho intramolecular Hbond substituents is 1. The molecule has 2 aromatic rings. The second-order valence-corrected chi connectivity index (χ2v) is 3.20. The summed E-state index contributed by atoms with van der Waals surface area (Å²) in [5.74, 6) is 0.198. The Morgan fingerprint density at radius 2 is 2.06 bits per heavy atom. The molecule has 1 aromatic carbocycles. The van der Waals surface area contributed by atoms with Crippen molar-refractivity contribution in [1.29, 1.82) is 0 Å². The number of carbonyl (C=O) groups is 1. The third-order valence-corrected chi connectivity index (χ3v) is 2.07. The van der Waals surface area contributed by atoms with Crippen molar-refractivity contribution >= 4 is 11.8 Å². The molecule has 1 aromatic heterocycles. The molecule has 0 atom stereocenters. The summed E-state index contributed by atoms with van der Waals surface area (Å²) in [4.78, 5) is 10.8. The number of hydrogen-bond acceptors (Lipinski definition) is 5. The number of rotatable bonds is 2. The summed E-state index contributed by atoms with van der Waals surface area (Å²) in [6, 6.07) is 5.84. The molecule has 0 radical (unpaired) electrons. The van der Waals surface area contributed by atoms with Gasteiger partial charge in [0, 0.05) is 5.56 Å². The van der Waals surface area contributed by atoms with Gasteiger partial charge in [0.25, 0.3) is 0 Å². The Morgan fingerprint density at radius 1 is 1.29 bits per heavy atom. The Morgan fingerprint density at radius 3 is 2.76 bits per heavy atom. The first-order valence-electron chi connectivity index (χ1n) is 4.71. The van der Waals surface area contributed by atoms with Crippen LogP contribution in [0.3, 0.4) is 0 Å². The Bertz CT molecular complexity index is 558. The summed E-state index contributed by atoms with van der Waals surface area (Å²) in [6.45, 7) is 0. The van der Waals surface area contributed by atoms with Crippen LogP contribution >= 0.6 is 0 Å². The quantitative estimate of drug-likeness (QED) is 0.705. The van der Waals surface area contributed by atoms with Crippen molar-refractivity contribution in [2.45, 2.75) is 0 Å². The fourth-order valence-corrected chi connectivity index (χ4v) is 1.38. The smallest absolute Gasteiger partial charge is 0.317 e. The van der Waals surface area contributed by atoms with Crippen molar-refractivity contribution in [1.82, 2.24) is 15.4 Å². The van der Waals surface area contributed by atoms with Crippen molar-refractivity contribution in [3.05, 3.63) is 30.5 Å². The molecule has 17 heavy (non-hydrogen) atoms. The molecular formula is C10H9N5O2. The highest BCUT2D eigenvalue weighted by Crippen LogP contribution is 2.31. The maximum Gasteiger partial charge on any atom is 0.317 e. The van der Waals surface area contributed by atoms with Crippen molar-refractivity contribution in [3.63, 3.8) is 0 Å². The number of aromatic hydroxyl groups is 1. The maximum absolute atomic E-state index is 10.8. The van der Waals surface area contributed by atoms with Gasteiger partial charge < -0.3 is 10.8 Å². The van der Waals surface area contributed by atoms with Gasteiger partial charge in [-0.3, -0.25) is 5.32 Å². The Kier molecular flexibility index (Phi) is 2.82. The number of nitrogens with zero attached hydrogens (tertiary/aromatic N) is 3. The van der Waals surface area contributed by atoms with Crippen molar-refractivity contribution in [2.75, 3.05) is 5.32 Å². The number of para-hydroxylation sites is 1. The van der Waals surface area contributed by atoms with E-state index in [0.717, 1.165) is 0 Å². The van der Waals surface area contributed by atoms with E-state index in [2.05, 4.69) is 20.7 Å². The number of nitrogens with two attached hydrogens (primary N) is 1. The molecule has 0 saturated carbocycles. The average molecular weight is 231 g/mol. The number of urea groups is 1. The third kappa shape index (κ3) is 2.28. The van der Waals surface area contributed by atoms with Gasteiger partial charge in [-0.05, 0) is 11.3 Å². The maximum atomic E-state index is 10.8. The molecule has 7 nitrogen and oxygen atoms in total. The number of carbonyl (C=O) groups excluding carboxylic acids is 1. The number of anilines is 1. The van der Waals surface area contributed by atoms with Gasteiger partial charge in [-0.2, -0.15) is 0 Å². The fourth-order valence-electron chi connectivity index (χ4n) is 1.38. The van der Waals surface area contributed by atoms with E-state index in [-0.39, 0.29) is 11.6 Å². The molecule has 0 unspecified atom stereocenters. The van der Waals surface area contributed by atoms with Crippen molar-refractivity contribution in [3.8, 4) is 16.9 Å². The summed E-state index contributed by atoms with van der Waals surface area (Å²) in [5, 5.41) is 22.7. The van der Waals surface area contributed by atoms with E-state index in [1.807, 2.05) is 0 Å². The third-order valence-electron chi connectivity index (χ3n) is 2.07. The van der Waals surface area contributed by atoms with Crippen LogP contribution in [-0.2, 0) is 0 Å². The standard InChI is InChI=1S/C10H9N5O2/c11-10(17)13-9-7(5-12-15-14-9)6-3-1-2-4-8(6)16/h1-5,16H,(H3,11,12,13,14,17). The first-order chi connectivity index (χ1) is 8.18. The number of aromatic nitrogens is 3. The van der Waals surface area contributed by atoms with Gasteiger partial charge in [0.15, 0.2) is 5.82 Å². The number of primary amides is 1. The average Bonchev–Trinajstić information content (AvgIpc) is 2.30. The Hall–Kier alpha value is -2.70. The van der Waals surface area contributed by atoms with Gasteiger partial charge in [0.05, 0.1) is 11.8 Å². The molecule has 2 amide bonds. The number of nitrogens with one attached hydrogen (secondary N) is 1. The minimum Gasteiger partial charge on any atom is -0.507 e.